The van der Waals surface area contributed by atoms with Crippen LogP contribution < -0.4 is 10.6 Å². The van der Waals surface area contributed by atoms with Crippen molar-refractivity contribution in [3.63, 3.8) is 0 Å². The van der Waals surface area contributed by atoms with Crippen molar-refractivity contribution in [2.45, 2.75) is 38.3 Å². The van der Waals surface area contributed by atoms with E-state index in [4.69, 9.17) is 10.2 Å². The van der Waals surface area contributed by atoms with E-state index in [0.29, 0.717) is 5.92 Å². The number of aliphatic hydroxyl groups excluding tert-OH is 1. The number of carbonyl (C=O) groups is 2. The molecule has 2 amide bonds. The number of carboxylic acid groups (broad SMARTS) is 1. The van der Waals surface area contributed by atoms with E-state index >= 15 is 0 Å². The molecule has 0 bridgehead atoms. The summed E-state index contributed by atoms with van der Waals surface area (Å²) in [5, 5.41) is 22.2. The Hall–Kier alpha value is -1.30. The predicted molar refractivity (Wildman–Crippen MR) is 57.0 cm³/mol. The van der Waals surface area contributed by atoms with Gasteiger partial charge in [0, 0.05) is 6.04 Å². The summed E-state index contributed by atoms with van der Waals surface area (Å²) >= 11 is 0. The van der Waals surface area contributed by atoms with Gasteiger partial charge < -0.3 is 20.8 Å². The zero-order valence-electron chi connectivity index (χ0n) is 9.27. The Balaban J connectivity index is 2.30. The van der Waals surface area contributed by atoms with E-state index in [-0.39, 0.29) is 6.04 Å². The number of amides is 2. The zero-order valence-corrected chi connectivity index (χ0v) is 9.27. The summed E-state index contributed by atoms with van der Waals surface area (Å²) in [4.78, 5) is 21.9. The molecule has 0 aromatic rings. The zero-order chi connectivity index (χ0) is 12.1. The van der Waals surface area contributed by atoms with Crippen LogP contribution in [-0.4, -0.2) is 40.9 Å². The van der Waals surface area contributed by atoms with Gasteiger partial charge in [-0.25, -0.2) is 9.59 Å². The smallest absolute Gasteiger partial charge is 0.328 e. The van der Waals surface area contributed by atoms with Gasteiger partial charge >= 0.3 is 12.0 Å². The van der Waals surface area contributed by atoms with E-state index in [1.165, 1.54) is 6.42 Å². The maximum atomic E-state index is 11.4. The molecule has 6 nitrogen and oxygen atoms in total. The molecule has 0 saturated heterocycles. The lowest BCUT2D eigenvalue weighted by Crippen LogP contribution is -2.51. The number of aliphatic carboxylic acids is 1. The summed E-state index contributed by atoms with van der Waals surface area (Å²) in [5.74, 6) is -0.753. The molecule has 1 saturated carbocycles. The molecule has 2 unspecified atom stereocenters. The Morgan fingerprint density at radius 3 is 2.38 bits per heavy atom. The van der Waals surface area contributed by atoms with E-state index in [1.807, 2.05) is 6.92 Å². The van der Waals surface area contributed by atoms with Gasteiger partial charge in [-0.05, 0) is 25.7 Å². The lowest BCUT2D eigenvalue weighted by molar-refractivity contribution is -0.140. The molecule has 1 fully saturated rings. The number of rotatable bonds is 5. The van der Waals surface area contributed by atoms with Crippen LogP contribution in [-0.2, 0) is 4.79 Å². The molecule has 1 aliphatic rings. The van der Waals surface area contributed by atoms with Crippen LogP contribution in [0.2, 0.25) is 0 Å². The quantitative estimate of drug-likeness (QED) is 0.531. The van der Waals surface area contributed by atoms with E-state index in [0.717, 1.165) is 12.8 Å². The van der Waals surface area contributed by atoms with Crippen molar-refractivity contribution in [2.75, 3.05) is 6.61 Å². The second-order valence-corrected chi connectivity index (χ2v) is 4.17. The first-order valence-electron chi connectivity index (χ1n) is 5.45. The Morgan fingerprint density at radius 1 is 1.38 bits per heavy atom. The van der Waals surface area contributed by atoms with Crippen LogP contribution in [0.5, 0.6) is 0 Å². The lowest BCUT2D eigenvalue weighted by Gasteiger charge is -2.32. The molecule has 92 valence electrons. The van der Waals surface area contributed by atoms with Crippen LogP contribution in [0.3, 0.4) is 0 Å². The van der Waals surface area contributed by atoms with Gasteiger partial charge in [-0.1, -0.05) is 6.42 Å². The van der Waals surface area contributed by atoms with Crippen LogP contribution in [0.4, 0.5) is 4.79 Å². The van der Waals surface area contributed by atoms with Crippen molar-refractivity contribution in [3.05, 3.63) is 0 Å². The molecule has 16 heavy (non-hydrogen) atoms. The number of hydrogen-bond donors (Lipinski definition) is 4. The van der Waals surface area contributed by atoms with Crippen molar-refractivity contribution < 1.29 is 19.8 Å². The maximum absolute atomic E-state index is 11.4. The predicted octanol–water partition coefficient (Wildman–Crippen LogP) is -0.0803. The number of carbonyl (C=O) groups excluding carboxylic acids is 1. The average molecular weight is 230 g/mol. The van der Waals surface area contributed by atoms with Gasteiger partial charge in [-0.15, -0.1) is 0 Å². The van der Waals surface area contributed by atoms with Gasteiger partial charge in [-0.3, -0.25) is 0 Å². The Kier molecular flexibility index (Phi) is 4.54. The highest BCUT2D eigenvalue weighted by Crippen LogP contribution is 2.29. The molecule has 6 heteroatoms. The van der Waals surface area contributed by atoms with Gasteiger partial charge in [0.1, 0.15) is 0 Å². The number of carboxylic acids is 1. The third-order valence-corrected chi connectivity index (χ3v) is 3.00. The van der Waals surface area contributed by atoms with E-state index in [1.54, 1.807) is 0 Å². The van der Waals surface area contributed by atoms with Crippen LogP contribution in [0, 0.1) is 5.92 Å². The number of aliphatic hydroxyl groups is 1. The van der Waals surface area contributed by atoms with Crippen LogP contribution in [0.15, 0.2) is 0 Å². The minimum Gasteiger partial charge on any atom is -0.480 e. The summed E-state index contributed by atoms with van der Waals surface area (Å²) < 4.78 is 0. The average Bonchev–Trinajstić information content (AvgIpc) is 2.10. The SMILES string of the molecule is CC(NC(=O)NC(CO)C(=O)O)C1CCC1. The normalized spacial score (nSPS) is 19.4. The summed E-state index contributed by atoms with van der Waals surface area (Å²) in [5.41, 5.74) is 0. The Morgan fingerprint density at radius 2 is 2.00 bits per heavy atom. The van der Waals surface area contributed by atoms with Crippen molar-refractivity contribution in [3.8, 4) is 0 Å². The fourth-order valence-corrected chi connectivity index (χ4v) is 1.65. The van der Waals surface area contributed by atoms with Gasteiger partial charge in [0.05, 0.1) is 6.61 Å². The van der Waals surface area contributed by atoms with E-state index in [2.05, 4.69) is 10.6 Å². The minimum atomic E-state index is -1.24. The molecule has 0 aliphatic heterocycles. The molecule has 0 aromatic carbocycles. The molecule has 1 rings (SSSR count). The second-order valence-electron chi connectivity index (χ2n) is 4.17. The largest absolute Gasteiger partial charge is 0.480 e. The Labute approximate surface area is 94.0 Å². The molecule has 0 radical (unpaired) electrons. The lowest BCUT2D eigenvalue weighted by atomic mass is 9.80. The van der Waals surface area contributed by atoms with Crippen LogP contribution in [0.25, 0.3) is 0 Å². The van der Waals surface area contributed by atoms with Crippen LogP contribution >= 0.6 is 0 Å². The standard InChI is InChI=1S/C10H18N2O4/c1-6(7-3-2-4-7)11-10(16)12-8(5-13)9(14)15/h6-8,13H,2-5H2,1H3,(H,14,15)(H2,11,12,16). The topological polar surface area (TPSA) is 98.7 Å². The van der Waals surface area contributed by atoms with E-state index in [9.17, 15) is 9.59 Å². The highest BCUT2D eigenvalue weighted by molar-refractivity contribution is 5.82. The molecule has 4 N–H and O–H groups in total. The fourth-order valence-electron chi connectivity index (χ4n) is 1.65. The molecular formula is C10H18N2O4. The minimum absolute atomic E-state index is 0.0434. The Bertz CT molecular complexity index is 266. The third-order valence-electron chi connectivity index (χ3n) is 3.00. The number of nitrogens with one attached hydrogen (secondary N) is 2. The van der Waals surface area contributed by atoms with Crippen molar-refractivity contribution in [2.24, 2.45) is 5.92 Å². The summed E-state index contributed by atoms with van der Waals surface area (Å²) in [6.07, 6.45) is 3.39. The first-order valence-corrected chi connectivity index (χ1v) is 5.45. The first-order chi connectivity index (χ1) is 7.54. The van der Waals surface area contributed by atoms with Crippen molar-refractivity contribution in [1.82, 2.24) is 10.6 Å². The highest BCUT2D eigenvalue weighted by atomic mass is 16.4. The second kappa shape index (κ2) is 5.69. The molecule has 0 spiro atoms. The van der Waals surface area contributed by atoms with Gasteiger partial charge in [-0.2, -0.15) is 0 Å². The summed E-state index contributed by atoms with van der Waals surface area (Å²) in [7, 11) is 0. The maximum Gasteiger partial charge on any atom is 0.328 e. The third kappa shape index (κ3) is 3.37. The van der Waals surface area contributed by atoms with Crippen LogP contribution in [0.1, 0.15) is 26.2 Å². The number of hydrogen-bond acceptors (Lipinski definition) is 3. The monoisotopic (exact) mass is 230 g/mol. The van der Waals surface area contributed by atoms with Crippen molar-refractivity contribution in [1.29, 1.82) is 0 Å². The van der Waals surface area contributed by atoms with Gasteiger partial charge in [0.25, 0.3) is 0 Å². The molecule has 2 atom stereocenters. The highest BCUT2D eigenvalue weighted by Gasteiger charge is 2.26. The first kappa shape index (κ1) is 12.8. The van der Waals surface area contributed by atoms with Crippen molar-refractivity contribution >= 4 is 12.0 Å². The summed E-state index contributed by atoms with van der Waals surface area (Å²) in [6.45, 7) is 1.29. The summed E-state index contributed by atoms with van der Waals surface area (Å²) in [6, 6.07) is -1.74. The fraction of sp³-hybridized carbons (Fsp3) is 0.800. The molecule has 0 aromatic heterocycles. The van der Waals surface area contributed by atoms with Gasteiger partial charge in [0.2, 0.25) is 0 Å². The molecule has 0 heterocycles. The number of urea groups is 1. The molecular weight excluding hydrogens is 212 g/mol. The van der Waals surface area contributed by atoms with Gasteiger partial charge in [0.15, 0.2) is 6.04 Å². The molecule has 1 aliphatic carbocycles. The van der Waals surface area contributed by atoms with E-state index < -0.39 is 24.6 Å².